The molecule has 1 aromatic carbocycles. The summed E-state index contributed by atoms with van der Waals surface area (Å²) in [6, 6.07) is 11.9. The molecule has 30 heavy (non-hydrogen) atoms. The SMILES string of the molecule is COC(=O)[C@H](Cc1ccc(OC)nc1)NC(=O)CCC(=O)N[C@H](C)c1ccccc1. The predicted molar refractivity (Wildman–Crippen MR) is 111 cm³/mol. The van der Waals surface area contributed by atoms with Crippen LogP contribution in [-0.2, 0) is 25.5 Å². The highest BCUT2D eigenvalue weighted by molar-refractivity contribution is 5.87. The van der Waals surface area contributed by atoms with E-state index in [1.165, 1.54) is 14.2 Å². The molecule has 0 saturated heterocycles. The van der Waals surface area contributed by atoms with Crippen molar-refractivity contribution in [3.63, 3.8) is 0 Å². The molecule has 0 aliphatic heterocycles. The van der Waals surface area contributed by atoms with Gasteiger partial charge in [-0.05, 0) is 18.1 Å². The molecular weight excluding hydrogens is 386 g/mol. The van der Waals surface area contributed by atoms with Gasteiger partial charge in [0.15, 0.2) is 0 Å². The third-order valence-electron chi connectivity index (χ3n) is 4.52. The van der Waals surface area contributed by atoms with Crippen molar-refractivity contribution in [2.24, 2.45) is 0 Å². The molecule has 0 bridgehead atoms. The number of rotatable bonds is 10. The number of hydrogen-bond donors (Lipinski definition) is 2. The Morgan fingerprint density at radius 2 is 1.63 bits per heavy atom. The largest absolute Gasteiger partial charge is 0.481 e. The van der Waals surface area contributed by atoms with Gasteiger partial charge in [0.1, 0.15) is 6.04 Å². The first-order valence-corrected chi connectivity index (χ1v) is 9.63. The summed E-state index contributed by atoms with van der Waals surface area (Å²) < 4.78 is 9.79. The number of nitrogens with zero attached hydrogens (tertiary/aromatic N) is 1. The minimum Gasteiger partial charge on any atom is -0.481 e. The van der Waals surface area contributed by atoms with Gasteiger partial charge in [0, 0.05) is 31.5 Å². The van der Waals surface area contributed by atoms with E-state index < -0.39 is 17.9 Å². The van der Waals surface area contributed by atoms with Crippen LogP contribution in [0, 0.1) is 0 Å². The zero-order valence-electron chi connectivity index (χ0n) is 17.4. The van der Waals surface area contributed by atoms with Crippen LogP contribution in [0.1, 0.15) is 36.9 Å². The van der Waals surface area contributed by atoms with Crippen molar-refractivity contribution in [1.82, 2.24) is 15.6 Å². The topological polar surface area (TPSA) is 107 Å². The maximum absolute atomic E-state index is 12.3. The van der Waals surface area contributed by atoms with E-state index in [4.69, 9.17) is 9.47 Å². The van der Waals surface area contributed by atoms with Crippen molar-refractivity contribution in [3.05, 3.63) is 59.8 Å². The molecule has 0 unspecified atom stereocenters. The Morgan fingerprint density at radius 3 is 2.20 bits per heavy atom. The van der Waals surface area contributed by atoms with Crippen molar-refractivity contribution in [3.8, 4) is 5.88 Å². The maximum atomic E-state index is 12.3. The zero-order chi connectivity index (χ0) is 21.9. The van der Waals surface area contributed by atoms with Crippen LogP contribution in [0.25, 0.3) is 0 Å². The highest BCUT2D eigenvalue weighted by Gasteiger charge is 2.22. The standard InChI is InChI=1S/C22H27N3O5/c1-15(17-7-5-4-6-8-17)24-19(26)10-11-20(27)25-18(22(28)30-3)13-16-9-12-21(29-2)23-14-16/h4-9,12,14-15,18H,10-11,13H2,1-3H3,(H,24,26)(H,25,27)/t15-,18+/m1/s1. The quantitative estimate of drug-likeness (QED) is 0.577. The molecule has 1 aromatic heterocycles. The molecular formula is C22H27N3O5. The Morgan fingerprint density at radius 1 is 0.967 bits per heavy atom. The lowest BCUT2D eigenvalue weighted by atomic mass is 10.1. The van der Waals surface area contributed by atoms with Crippen molar-refractivity contribution in [1.29, 1.82) is 0 Å². The van der Waals surface area contributed by atoms with Crippen LogP contribution in [0.3, 0.4) is 0 Å². The van der Waals surface area contributed by atoms with Gasteiger partial charge in [-0.25, -0.2) is 9.78 Å². The summed E-state index contributed by atoms with van der Waals surface area (Å²) in [7, 11) is 2.77. The Balaban J connectivity index is 1.85. The van der Waals surface area contributed by atoms with E-state index in [2.05, 4.69) is 15.6 Å². The van der Waals surface area contributed by atoms with E-state index in [0.29, 0.717) is 5.88 Å². The summed E-state index contributed by atoms with van der Waals surface area (Å²) in [5.41, 5.74) is 1.72. The van der Waals surface area contributed by atoms with Crippen LogP contribution < -0.4 is 15.4 Å². The summed E-state index contributed by atoms with van der Waals surface area (Å²) in [6.07, 6.45) is 1.76. The number of pyridine rings is 1. The van der Waals surface area contributed by atoms with Crippen LogP contribution >= 0.6 is 0 Å². The van der Waals surface area contributed by atoms with Crippen molar-refractivity contribution in [2.75, 3.05) is 14.2 Å². The van der Waals surface area contributed by atoms with Gasteiger partial charge in [0.05, 0.1) is 20.3 Å². The molecule has 0 spiro atoms. The van der Waals surface area contributed by atoms with Crippen molar-refractivity contribution in [2.45, 2.75) is 38.3 Å². The number of aromatic nitrogens is 1. The van der Waals surface area contributed by atoms with Gasteiger partial charge in [0.25, 0.3) is 0 Å². The number of benzene rings is 1. The third kappa shape index (κ3) is 7.20. The molecule has 0 radical (unpaired) electrons. The van der Waals surface area contributed by atoms with Crippen LogP contribution in [0.4, 0.5) is 0 Å². The Hall–Kier alpha value is -3.42. The number of hydrogen-bond acceptors (Lipinski definition) is 6. The minimum atomic E-state index is -0.871. The first kappa shape index (κ1) is 22.9. The lowest BCUT2D eigenvalue weighted by Gasteiger charge is -2.17. The molecule has 2 rings (SSSR count). The van der Waals surface area contributed by atoms with Crippen molar-refractivity contribution >= 4 is 17.8 Å². The second-order valence-electron chi connectivity index (χ2n) is 6.76. The Bertz CT molecular complexity index is 840. The lowest BCUT2D eigenvalue weighted by Crippen LogP contribution is -2.43. The molecule has 0 aliphatic carbocycles. The van der Waals surface area contributed by atoms with Crippen LogP contribution in [0.2, 0.25) is 0 Å². The third-order valence-corrected chi connectivity index (χ3v) is 4.52. The average Bonchev–Trinajstić information content (AvgIpc) is 2.77. The second kappa shape index (κ2) is 11.5. The van der Waals surface area contributed by atoms with Gasteiger partial charge in [-0.1, -0.05) is 36.4 Å². The predicted octanol–water partition coefficient (Wildman–Crippen LogP) is 1.95. The van der Waals surface area contributed by atoms with Gasteiger partial charge in [0.2, 0.25) is 17.7 Å². The zero-order valence-corrected chi connectivity index (χ0v) is 17.4. The highest BCUT2D eigenvalue weighted by atomic mass is 16.5. The molecule has 1 heterocycles. The Labute approximate surface area is 176 Å². The molecule has 0 saturated carbocycles. The number of esters is 1. The fourth-order valence-corrected chi connectivity index (χ4v) is 2.86. The summed E-state index contributed by atoms with van der Waals surface area (Å²) in [6.45, 7) is 1.88. The van der Waals surface area contributed by atoms with E-state index in [-0.39, 0.29) is 31.2 Å². The maximum Gasteiger partial charge on any atom is 0.328 e. The van der Waals surface area contributed by atoms with Gasteiger partial charge >= 0.3 is 5.97 Å². The first-order chi connectivity index (χ1) is 14.4. The molecule has 160 valence electrons. The van der Waals surface area contributed by atoms with Crippen LogP contribution in [-0.4, -0.2) is 43.0 Å². The molecule has 8 nitrogen and oxygen atoms in total. The van der Waals surface area contributed by atoms with E-state index in [0.717, 1.165) is 11.1 Å². The Kier molecular flexibility index (Phi) is 8.80. The van der Waals surface area contributed by atoms with Crippen LogP contribution in [0.15, 0.2) is 48.7 Å². The minimum absolute atomic E-state index is 0.0149. The molecule has 8 heteroatoms. The van der Waals surface area contributed by atoms with E-state index >= 15 is 0 Å². The smallest absolute Gasteiger partial charge is 0.328 e. The molecule has 2 amide bonds. The highest BCUT2D eigenvalue weighted by Crippen LogP contribution is 2.12. The molecule has 2 atom stereocenters. The lowest BCUT2D eigenvalue weighted by molar-refractivity contribution is -0.145. The summed E-state index contributed by atoms with van der Waals surface area (Å²) in [5.74, 6) is -0.765. The van der Waals surface area contributed by atoms with Crippen LogP contribution in [0.5, 0.6) is 5.88 Å². The molecule has 0 fully saturated rings. The first-order valence-electron chi connectivity index (χ1n) is 9.63. The normalized spacial score (nSPS) is 12.4. The van der Waals surface area contributed by atoms with Gasteiger partial charge in [-0.3, -0.25) is 9.59 Å². The van der Waals surface area contributed by atoms with Gasteiger partial charge < -0.3 is 20.1 Å². The number of amides is 2. The van der Waals surface area contributed by atoms with Gasteiger partial charge in [-0.2, -0.15) is 0 Å². The molecule has 0 aliphatic rings. The van der Waals surface area contributed by atoms with Gasteiger partial charge in [-0.15, -0.1) is 0 Å². The molecule has 2 N–H and O–H groups in total. The summed E-state index contributed by atoms with van der Waals surface area (Å²) >= 11 is 0. The number of carbonyl (C=O) groups is 3. The summed E-state index contributed by atoms with van der Waals surface area (Å²) in [5, 5.41) is 5.49. The van der Waals surface area contributed by atoms with E-state index in [1.54, 1.807) is 18.3 Å². The summed E-state index contributed by atoms with van der Waals surface area (Å²) in [4.78, 5) is 40.6. The number of carbonyl (C=O) groups excluding carboxylic acids is 3. The average molecular weight is 413 g/mol. The fraction of sp³-hybridized carbons (Fsp3) is 0.364. The molecule has 2 aromatic rings. The number of ether oxygens (including phenoxy) is 2. The van der Waals surface area contributed by atoms with Crippen molar-refractivity contribution < 1.29 is 23.9 Å². The fourth-order valence-electron chi connectivity index (χ4n) is 2.86. The number of nitrogens with one attached hydrogen (secondary N) is 2. The monoisotopic (exact) mass is 413 g/mol. The van der Waals surface area contributed by atoms with E-state index in [1.807, 2.05) is 37.3 Å². The van der Waals surface area contributed by atoms with E-state index in [9.17, 15) is 14.4 Å². The second-order valence-corrected chi connectivity index (χ2v) is 6.76. The number of methoxy groups -OCH3 is 2.